The summed E-state index contributed by atoms with van der Waals surface area (Å²) in [6.45, 7) is 21.0. The molecule has 5 nitrogen and oxygen atoms in total. The van der Waals surface area contributed by atoms with Crippen molar-refractivity contribution < 1.29 is 5.11 Å². The molecule has 0 saturated carbocycles. The Morgan fingerprint density at radius 2 is 1.55 bits per heavy atom. The zero-order valence-electron chi connectivity index (χ0n) is 21.6. The minimum absolute atomic E-state index is 0.176. The number of imidazole rings is 1. The van der Waals surface area contributed by atoms with Crippen LogP contribution < -0.4 is 0 Å². The molecular weight excluding hydrogens is 408 g/mol. The summed E-state index contributed by atoms with van der Waals surface area (Å²) in [6.07, 6.45) is 1.89. The molecule has 0 saturated heterocycles. The number of phenolic OH excluding ortho intramolecular Hbond substituents is 1. The molecule has 1 aromatic heterocycles. The highest BCUT2D eigenvalue weighted by molar-refractivity contribution is 5.85. The Balaban J connectivity index is 2.06. The first-order valence-corrected chi connectivity index (χ1v) is 12.0. The normalized spacial score (nSPS) is 13.0. The van der Waals surface area contributed by atoms with Crippen LogP contribution in [0.3, 0.4) is 0 Å². The fourth-order valence-corrected chi connectivity index (χ4v) is 4.17. The van der Waals surface area contributed by atoms with Gasteiger partial charge in [-0.15, -0.1) is 0 Å². The number of hydrogen-bond donors (Lipinski definition) is 1. The third-order valence-electron chi connectivity index (χ3n) is 6.25. The second kappa shape index (κ2) is 9.68. The van der Waals surface area contributed by atoms with Crippen molar-refractivity contribution in [3.8, 4) is 5.75 Å². The molecule has 5 heteroatoms. The molecule has 0 aliphatic carbocycles. The lowest BCUT2D eigenvalue weighted by Gasteiger charge is -2.27. The molecule has 3 aromatic rings. The van der Waals surface area contributed by atoms with Crippen LogP contribution in [-0.4, -0.2) is 45.4 Å². The van der Waals surface area contributed by atoms with Crippen molar-refractivity contribution in [3.05, 3.63) is 53.1 Å². The van der Waals surface area contributed by atoms with E-state index in [9.17, 15) is 5.11 Å². The quantitative estimate of drug-likeness (QED) is 0.424. The van der Waals surface area contributed by atoms with Gasteiger partial charge in [0.2, 0.25) is 5.95 Å². The molecule has 0 fully saturated rings. The van der Waals surface area contributed by atoms with Gasteiger partial charge in [-0.2, -0.15) is 0 Å². The van der Waals surface area contributed by atoms with Crippen LogP contribution in [0.4, 0.5) is 5.95 Å². The second-order valence-electron chi connectivity index (χ2n) is 10.8. The topological polar surface area (TPSA) is 53.7 Å². The number of hydrogen-bond acceptors (Lipinski definition) is 4. The van der Waals surface area contributed by atoms with E-state index in [-0.39, 0.29) is 10.8 Å². The van der Waals surface area contributed by atoms with Gasteiger partial charge in [-0.1, -0.05) is 67.5 Å². The Hall–Kier alpha value is -2.66. The molecule has 0 atom stereocenters. The monoisotopic (exact) mass is 448 g/mol. The number of likely N-dealkylation sites (N-methyl/N-ethyl adjacent to an activating group) is 1. The maximum Gasteiger partial charge on any atom is 0.230 e. The molecule has 2 aromatic carbocycles. The van der Waals surface area contributed by atoms with Crippen molar-refractivity contribution in [1.82, 2.24) is 14.5 Å². The summed E-state index contributed by atoms with van der Waals surface area (Å²) in [5, 5.41) is 11.0. The van der Waals surface area contributed by atoms with Crippen LogP contribution in [0, 0.1) is 0 Å². The van der Waals surface area contributed by atoms with E-state index in [1.807, 2.05) is 18.3 Å². The van der Waals surface area contributed by atoms with Gasteiger partial charge in [-0.05, 0) is 53.7 Å². The van der Waals surface area contributed by atoms with Crippen LogP contribution in [0.2, 0.25) is 0 Å². The summed E-state index contributed by atoms with van der Waals surface area (Å²) < 4.78 is 2.21. The van der Waals surface area contributed by atoms with Gasteiger partial charge >= 0.3 is 0 Å². The third-order valence-corrected chi connectivity index (χ3v) is 6.25. The van der Waals surface area contributed by atoms with E-state index in [4.69, 9.17) is 9.98 Å². The Morgan fingerprint density at radius 3 is 2.09 bits per heavy atom. The van der Waals surface area contributed by atoms with Crippen LogP contribution in [0.5, 0.6) is 5.75 Å². The van der Waals surface area contributed by atoms with Gasteiger partial charge in [-0.25, -0.2) is 9.98 Å². The van der Waals surface area contributed by atoms with Crippen molar-refractivity contribution >= 4 is 23.2 Å². The maximum absolute atomic E-state index is 11.0. The largest absolute Gasteiger partial charge is 0.507 e. The first-order valence-electron chi connectivity index (χ1n) is 12.0. The van der Waals surface area contributed by atoms with Crippen LogP contribution >= 0.6 is 0 Å². The molecule has 33 heavy (non-hydrogen) atoms. The molecule has 0 aliphatic heterocycles. The Bertz CT molecular complexity index is 1090. The lowest BCUT2D eigenvalue weighted by molar-refractivity contribution is 0.292. The molecule has 0 unspecified atom stereocenters. The first-order chi connectivity index (χ1) is 15.5. The summed E-state index contributed by atoms with van der Waals surface area (Å²) in [5.41, 5.74) is 4.56. The van der Waals surface area contributed by atoms with Crippen LogP contribution in [0.15, 0.2) is 41.4 Å². The minimum Gasteiger partial charge on any atom is -0.507 e. The molecule has 0 bridgehead atoms. The second-order valence-corrected chi connectivity index (χ2v) is 10.8. The van der Waals surface area contributed by atoms with Gasteiger partial charge in [0, 0.05) is 30.4 Å². The Labute approximate surface area is 199 Å². The fourth-order valence-electron chi connectivity index (χ4n) is 4.17. The zero-order valence-corrected chi connectivity index (χ0v) is 21.6. The number of rotatable bonds is 7. The standard InChI is InChI=1S/C28H40N4O/c1-9-31(10-2)15-16-32-24-14-12-11-13-23(24)30-26(32)29-19-20-17-21(27(3,4)5)25(33)22(18-20)28(6,7)8/h11-14,17-19,33H,9-10,15-16H2,1-8H3/b29-19+. The maximum atomic E-state index is 11.0. The predicted octanol–water partition coefficient (Wildman–Crippen LogP) is 6.43. The summed E-state index contributed by atoms with van der Waals surface area (Å²) >= 11 is 0. The summed E-state index contributed by atoms with van der Waals surface area (Å²) in [5.74, 6) is 1.10. The van der Waals surface area contributed by atoms with E-state index in [0.29, 0.717) is 11.7 Å². The van der Waals surface area contributed by atoms with Crippen molar-refractivity contribution in [1.29, 1.82) is 0 Å². The van der Waals surface area contributed by atoms with Crippen LogP contribution in [-0.2, 0) is 17.4 Å². The highest BCUT2D eigenvalue weighted by Gasteiger charge is 2.26. The number of para-hydroxylation sites is 2. The van der Waals surface area contributed by atoms with E-state index < -0.39 is 0 Å². The van der Waals surface area contributed by atoms with Gasteiger partial charge in [0.25, 0.3) is 0 Å². The smallest absolute Gasteiger partial charge is 0.230 e. The molecule has 0 amide bonds. The van der Waals surface area contributed by atoms with E-state index in [0.717, 1.165) is 53.9 Å². The van der Waals surface area contributed by atoms with Gasteiger partial charge < -0.3 is 14.6 Å². The number of aliphatic imine (C=N–C) groups is 1. The summed E-state index contributed by atoms with van der Waals surface area (Å²) in [7, 11) is 0. The minimum atomic E-state index is -0.176. The predicted molar refractivity (Wildman–Crippen MR) is 140 cm³/mol. The number of phenols is 1. The van der Waals surface area contributed by atoms with E-state index >= 15 is 0 Å². The molecule has 0 radical (unpaired) electrons. The number of aromatic nitrogens is 2. The summed E-state index contributed by atoms with van der Waals surface area (Å²) in [6, 6.07) is 12.3. The molecule has 3 rings (SSSR count). The van der Waals surface area contributed by atoms with Crippen molar-refractivity contribution in [2.24, 2.45) is 4.99 Å². The molecule has 1 N–H and O–H groups in total. The lowest BCUT2D eigenvalue weighted by Crippen LogP contribution is -2.26. The lowest BCUT2D eigenvalue weighted by atomic mass is 9.78. The van der Waals surface area contributed by atoms with Crippen molar-refractivity contribution in [3.63, 3.8) is 0 Å². The van der Waals surface area contributed by atoms with E-state index in [1.54, 1.807) is 0 Å². The highest BCUT2D eigenvalue weighted by Crippen LogP contribution is 2.39. The molecule has 0 aliphatic rings. The van der Waals surface area contributed by atoms with E-state index in [1.165, 1.54) is 0 Å². The van der Waals surface area contributed by atoms with Gasteiger partial charge in [0.05, 0.1) is 11.0 Å². The SMILES string of the molecule is CCN(CC)CCn1c(/N=C/c2cc(C(C)(C)C)c(O)c(C(C)(C)C)c2)nc2ccccc21. The number of aromatic hydroxyl groups is 1. The molecule has 0 spiro atoms. The van der Waals surface area contributed by atoms with Crippen molar-refractivity contribution in [2.75, 3.05) is 19.6 Å². The fraction of sp³-hybridized carbons (Fsp3) is 0.500. The molecule has 1 heterocycles. The van der Waals surface area contributed by atoms with Crippen LogP contribution in [0.1, 0.15) is 72.1 Å². The van der Waals surface area contributed by atoms with Crippen molar-refractivity contribution in [2.45, 2.75) is 72.8 Å². The molecule has 178 valence electrons. The van der Waals surface area contributed by atoms with Gasteiger partial charge in [-0.3, -0.25) is 0 Å². The van der Waals surface area contributed by atoms with Gasteiger partial charge in [0.1, 0.15) is 5.75 Å². The summed E-state index contributed by atoms with van der Waals surface area (Å²) in [4.78, 5) is 12.1. The average molecular weight is 449 g/mol. The Kier molecular flexibility index (Phi) is 7.32. The van der Waals surface area contributed by atoms with Gasteiger partial charge in [0.15, 0.2) is 0 Å². The van der Waals surface area contributed by atoms with E-state index in [2.05, 4.69) is 89.1 Å². The first kappa shape index (κ1) is 25.0. The number of benzene rings is 2. The number of fused-ring (bicyclic) bond motifs is 1. The Morgan fingerprint density at radius 1 is 0.970 bits per heavy atom. The average Bonchev–Trinajstić information content (AvgIpc) is 3.09. The van der Waals surface area contributed by atoms with Crippen LogP contribution in [0.25, 0.3) is 11.0 Å². The third kappa shape index (κ3) is 5.64. The number of nitrogens with zero attached hydrogens (tertiary/aromatic N) is 4. The molecular formula is C28H40N4O. The zero-order chi connectivity index (χ0) is 24.4. The highest BCUT2D eigenvalue weighted by atomic mass is 16.3.